The second-order valence-corrected chi connectivity index (χ2v) is 8.28. The Balaban J connectivity index is 1.38. The van der Waals surface area contributed by atoms with E-state index in [4.69, 9.17) is 0 Å². The van der Waals surface area contributed by atoms with Gasteiger partial charge < -0.3 is 10.2 Å². The number of aliphatic imine (C=N–C) groups is 1. The summed E-state index contributed by atoms with van der Waals surface area (Å²) in [6.07, 6.45) is 0.0637. The van der Waals surface area contributed by atoms with Gasteiger partial charge in [-0.05, 0) is 31.0 Å². The largest absolute Gasteiger partial charge is 0.340 e. The van der Waals surface area contributed by atoms with Gasteiger partial charge in [0.1, 0.15) is 6.04 Å². The lowest BCUT2D eigenvalue weighted by molar-refractivity contribution is -0.125. The first kappa shape index (κ1) is 21.1. The number of rotatable bonds is 4. The molecule has 2 N–H and O–H groups in total. The van der Waals surface area contributed by atoms with Gasteiger partial charge in [-0.25, -0.2) is 4.99 Å². The zero-order valence-electron chi connectivity index (χ0n) is 18.1. The molecule has 0 aromatic heterocycles. The third-order valence-corrected chi connectivity index (χ3v) is 5.77. The molecule has 2 aliphatic rings. The summed E-state index contributed by atoms with van der Waals surface area (Å²) in [6.45, 7) is 8.16. The SMILES string of the molecule is Cc1ccc(NC(=O)C2CC(=O)NC(N3CCN(Cc4ccccc4)CC3)=N2)c(C)c1. The smallest absolute Gasteiger partial charge is 0.249 e. The summed E-state index contributed by atoms with van der Waals surface area (Å²) in [7, 11) is 0. The average Bonchev–Trinajstić information content (AvgIpc) is 2.76. The maximum Gasteiger partial charge on any atom is 0.249 e. The van der Waals surface area contributed by atoms with Crippen LogP contribution >= 0.6 is 0 Å². The number of hydrogen-bond donors (Lipinski definition) is 2. The number of aryl methyl sites for hydroxylation is 2. The lowest BCUT2D eigenvalue weighted by Crippen LogP contribution is -2.56. The summed E-state index contributed by atoms with van der Waals surface area (Å²) < 4.78 is 0. The summed E-state index contributed by atoms with van der Waals surface area (Å²) in [5, 5.41) is 5.79. The van der Waals surface area contributed by atoms with Gasteiger partial charge in [0.05, 0.1) is 6.42 Å². The van der Waals surface area contributed by atoms with Gasteiger partial charge in [0.2, 0.25) is 17.8 Å². The van der Waals surface area contributed by atoms with Crippen LogP contribution < -0.4 is 10.6 Å². The Kier molecular flexibility index (Phi) is 6.32. The van der Waals surface area contributed by atoms with Crippen molar-refractivity contribution in [3.05, 3.63) is 65.2 Å². The Morgan fingerprint density at radius 1 is 1.10 bits per heavy atom. The van der Waals surface area contributed by atoms with Crippen molar-refractivity contribution in [2.75, 3.05) is 31.5 Å². The van der Waals surface area contributed by atoms with Gasteiger partial charge >= 0.3 is 0 Å². The molecule has 0 aliphatic carbocycles. The van der Waals surface area contributed by atoms with Crippen LogP contribution in [0, 0.1) is 13.8 Å². The minimum absolute atomic E-state index is 0.0637. The van der Waals surface area contributed by atoms with E-state index in [0.717, 1.165) is 49.5 Å². The van der Waals surface area contributed by atoms with Gasteiger partial charge in [-0.15, -0.1) is 0 Å². The number of carbonyl (C=O) groups is 2. The number of carbonyl (C=O) groups excluding carboxylic acids is 2. The molecule has 2 heterocycles. The van der Waals surface area contributed by atoms with Gasteiger partial charge in [-0.2, -0.15) is 0 Å². The predicted molar refractivity (Wildman–Crippen MR) is 122 cm³/mol. The van der Waals surface area contributed by atoms with Crippen molar-refractivity contribution in [1.29, 1.82) is 0 Å². The molecule has 2 aromatic carbocycles. The molecule has 1 unspecified atom stereocenters. The van der Waals surface area contributed by atoms with E-state index in [1.54, 1.807) is 0 Å². The van der Waals surface area contributed by atoms with Gasteiger partial charge in [-0.3, -0.25) is 19.8 Å². The molecule has 1 atom stereocenters. The van der Waals surface area contributed by atoms with E-state index in [-0.39, 0.29) is 18.2 Å². The van der Waals surface area contributed by atoms with Crippen LogP contribution in [-0.4, -0.2) is 59.8 Å². The fraction of sp³-hybridized carbons (Fsp3) is 0.375. The topological polar surface area (TPSA) is 77.0 Å². The molecule has 0 bridgehead atoms. The van der Waals surface area contributed by atoms with Crippen LogP contribution in [0.15, 0.2) is 53.5 Å². The fourth-order valence-corrected chi connectivity index (χ4v) is 4.02. The average molecular weight is 420 g/mol. The van der Waals surface area contributed by atoms with Crippen molar-refractivity contribution in [1.82, 2.24) is 15.1 Å². The molecule has 2 aliphatic heterocycles. The number of benzene rings is 2. The Morgan fingerprint density at radius 2 is 1.84 bits per heavy atom. The van der Waals surface area contributed by atoms with Gasteiger partial charge in [0.15, 0.2) is 0 Å². The van der Waals surface area contributed by atoms with E-state index in [0.29, 0.717) is 5.96 Å². The van der Waals surface area contributed by atoms with Crippen molar-refractivity contribution >= 4 is 23.5 Å². The van der Waals surface area contributed by atoms with Crippen molar-refractivity contribution in [2.24, 2.45) is 4.99 Å². The Morgan fingerprint density at radius 3 is 2.55 bits per heavy atom. The minimum atomic E-state index is -0.716. The molecule has 7 nitrogen and oxygen atoms in total. The fourth-order valence-electron chi connectivity index (χ4n) is 4.02. The van der Waals surface area contributed by atoms with E-state index in [1.807, 2.05) is 38.1 Å². The summed E-state index contributed by atoms with van der Waals surface area (Å²) in [6, 6.07) is 15.6. The molecule has 4 rings (SSSR count). The molecule has 1 saturated heterocycles. The second-order valence-electron chi connectivity index (χ2n) is 8.28. The number of piperazine rings is 1. The number of amides is 2. The molecule has 0 saturated carbocycles. The highest BCUT2D eigenvalue weighted by molar-refractivity contribution is 6.06. The lowest BCUT2D eigenvalue weighted by Gasteiger charge is -2.37. The maximum absolute atomic E-state index is 12.8. The van der Waals surface area contributed by atoms with E-state index in [9.17, 15) is 9.59 Å². The summed E-state index contributed by atoms with van der Waals surface area (Å²) in [4.78, 5) is 34.1. The minimum Gasteiger partial charge on any atom is -0.340 e. The van der Waals surface area contributed by atoms with Crippen molar-refractivity contribution < 1.29 is 9.59 Å². The molecule has 2 amide bonds. The first-order valence-electron chi connectivity index (χ1n) is 10.7. The summed E-state index contributed by atoms with van der Waals surface area (Å²) in [5.74, 6) is 0.0934. The van der Waals surface area contributed by atoms with Crippen LogP contribution in [0.1, 0.15) is 23.1 Å². The first-order chi connectivity index (χ1) is 15.0. The number of hydrogen-bond acceptors (Lipinski definition) is 5. The third kappa shape index (κ3) is 5.30. The van der Waals surface area contributed by atoms with Gasteiger partial charge in [0, 0.05) is 38.4 Å². The van der Waals surface area contributed by atoms with Gasteiger partial charge in [-0.1, -0.05) is 48.0 Å². The molecule has 2 aromatic rings. The van der Waals surface area contributed by atoms with Crippen molar-refractivity contribution in [2.45, 2.75) is 32.9 Å². The predicted octanol–water partition coefficient (Wildman–Crippen LogP) is 2.30. The molecule has 1 fully saturated rings. The molecule has 162 valence electrons. The number of nitrogens with zero attached hydrogens (tertiary/aromatic N) is 3. The number of guanidine groups is 1. The van der Waals surface area contributed by atoms with Crippen LogP contribution in [-0.2, 0) is 16.1 Å². The highest BCUT2D eigenvalue weighted by Crippen LogP contribution is 2.18. The quantitative estimate of drug-likeness (QED) is 0.797. The second kappa shape index (κ2) is 9.31. The zero-order valence-corrected chi connectivity index (χ0v) is 18.1. The lowest BCUT2D eigenvalue weighted by atomic mass is 10.1. The van der Waals surface area contributed by atoms with E-state index in [2.05, 4.69) is 49.7 Å². The Bertz CT molecular complexity index is 981. The van der Waals surface area contributed by atoms with E-state index in [1.165, 1.54) is 5.56 Å². The molecule has 0 radical (unpaired) electrons. The van der Waals surface area contributed by atoms with Gasteiger partial charge in [0.25, 0.3) is 0 Å². The highest BCUT2D eigenvalue weighted by atomic mass is 16.2. The van der Waals surface area contributed by atoms with Crippen LogP contribution in [0.5, 0.6) is 0 Å². The molecular formula is C24H29N5O2. The Hall–Kier alpha value is -3.19. The zero-order chi connectivity index (χ0) is 21.8. The van der Waals surface area contributed by atoms with Crippen LogP contribution in [0.2, 0.25) is 0 Å². The first-order valence-corrected chi connectivity index (χ1v) is 10.7. The highest BCUT2D eigenvalue weighted by Gasteiger charge is 2.30. The van der Waals surface area contributed by atoms with E-state index < -0.39 is 6.04 Å². The summed E-state index contributed by atoms with van der Waals surface area (Å²) in [5.41, 5.74) is 4.18. The van der Waals surface area contributed by atoms with E-state index >= 15 is 0 Å². The molecule has 0 spiro atoms. The maximum atomic E-state index is 12.8. The van der Waals surface area contributed by atoms with Crippen molar-refractivity contribution in [3.8, 4) is 0 Å². The summed E-state index contributed by atoms with van der Waals surface area (Å²) >= 11 is 0. The molecular weight excluding hydrogens is 390 g/mol. The monoisotopic (exact) mass is 419 g/mol. The number of anilines is 1. The number of nitrogens with one attached hydrogen (secondary N) is 2. The van der Waals surface area contributed by atoms with Crippen LogP contribution in [0.4, 0.5) is 5.69 Å². The van der Waals surface area contributed by atoms with Crippen LogP contribution in [0.25, 0.3) is 0 Å². The molecule has 7 heteroatoms. The Labute approximate surface area is 183 Å². The third-order valence-electron chi connectivity index (χ3n) is 5.77. The van der Waals surface area contributed by atoms with Crippen molar-refractivity contribution in [3.63, 3.8) is 0 Å². The standard InChI is InChI=1S/C24H29N5O2/c1-17-8-9-20(18(2)14-17)25-23(31)21-15-22(30)27-24(26-21)29-12-10-28(11-13-29)16-19-6-4-3-5-7-19/h3-9,14,21H,10-13,15-16H2,1-2H3,(H,25,31)(H,26,27,30). The normalized spacial score (nSPS) is 19.5. The molecule has 31 heavy (non-hydrogen) atoms. The van der Waals surface area contributed by atoms with Crippen LogP contribution in [0.3, 0.4) is 0 Å².